The summed E-state index contributed by atoms with van der Waals surface area (Å²) in [5.74, 6) is 0.624. The van der Waals surface area contributed by atoms with Crippen LogP contribution in [0.4, 0.5) is 5.82 Å². The largest absolute Gasteiger partial charge is 0.382 e. The van der Waals surface area contributed by atoms with E-state index < -0.39 is 0 Å². The SMILES string of the molecule is CCc1ccc(-c2scnc2N)cc1. The topological polar surface area (TPSA) is 38.9 Å². The number of benzene rings is 1. The zero-order chi connectivity index (χ0) is 9.97. The summed E-state index contributed by atoms with van der Waals surface area (Å²) in [6.07, 6.45) is 1.07. The molecule has 72 valence electrons. The summed E-state index contributed by atoms with van der Waals surface area (Å²) >= 11 is 1.58. The standard InChI is InChI=1S/C11H12N2S/c1-2-8-3-5-9(6-4-8)10-11(12)13-7-14-10/h3-7H,2,12H2,1H3. The molecule has 0 saturated carbocycles. The number of hydrogen-bond donors (Lipinski definition) is 1. The highest BCUT2D eigenvalue weighted by Gasteiger charge is 2.04. The quantitative estimate of drug-likeness (QED) is 0.816. The molecule has 1 aromatic carbocycles. The van der Waals surface area contributed by atoms with Gasteiger partial charge in [-0.1, -0.05) is 31.2 Å². The van der Waals surface area contributed by atoms with Crippen molar-refractivity contribution in [1.29, 1.82) is 0 Å². The van der Waals surface area contributed by atoms with Crippen LogP contribution in [0.15, 0.2) is 29.8 Å². The fourth-order valence-corrected chi connectivity index (χ4v) is 2.08. The maximum atomic E-state index is 5.74. The molecule has 0 aliphatic heterocycles. The van der Waals surface area contributed by atoms with Crippen molar-refractivity contribution in [2.75, 3.05) is 5.73 Å². The van der Waals surface area contributed by atoms with Gasteiger partial charge in [-0.15, -0.1) is 11.3 Å². The van der Waals surface area contributed by atoms with E-state index >= 15 is 0 Å². The molecule has 14 heavy (non-hydrogen) atoms. The molecule has 3 heteroatoms. The Morgan fingerprint density at radius 3 is 2.50 bits per heavy atom. The molecule has 0 fully saturated rings. The summed E-state index contributed by atoms with van der Waals surface area (Å²) in [4.78, 5) is 5.09. The van der Waals surface area contributed by atoms with Crippen LogP contribution in [0.1, 0.15) is 12.5 Å². The van der Waals surface area contributed by atoms with Crippen LogP contribution in [-0.4, -0.2) is 4.98 Å². The van der Waals surface area contributed by atoms with Crippen LogP contribution >= 0.6 is 11.3 Å². The summed E-state index contributed by atoms with van der Waals surface area (Å²) in [5.41, 5.74) is 10.0. The van der Waals surface area contributed by atoms with Gasteiger partial charge in [-0.3, -0.25) is 0 Å². The average Bonchev–Trinajstić information content (AvgIpc) is 2.65. The van der Waals surface area contributed by atoms with E-state index in [1.807, 2.05) is 0 Å². The van der Waals surface area contributed by atoms with E-state index in [0.29, 0.717) is 5.82 Å². The number of aromatic nitrogens is 1. The van der Waals surface area contributed by atoms with Gasteiger partial charge in [0.05, 0.1) is 10.4 Å². The molecular weight excluding hydrogens is 192 g/mol. The van der Waals surface area contributed by atoms with Crippen molar-refractivity contribution >= 4 is 17.2 Å². The van der Waals surface area contributed by atoms with Gasteiger partial charge in [-0.25, -0.2) is 4.98 Å². The number of nitrogen functional groups attached to an aromatic ring is 1. The molecule has 0 bridgehead atoms. The smallest absolute Gasteiger partial charge is 0.142 e. The minimum Gasteiger partial charge on any atom is -0.382 e. The number of aryl methyl sites for hydroxylation is 1. The number of thiazole rings is 1. The lowest BCUT2D eigenvalue weighted by Crippen LogP contribution is -1.87. The van der Waals surface area contributed by atoms with Crippen LogP contribution in [0.3, 0.4) is 0 Å². The molecule has 1 aromatic heterocycles. The van der Waals surface area contributed by atoms with E-state index in [1.54, 1.807) is 16.8 Å². The Morgan fingerprint density at radius 1 is 1.29 bits per heavy atom. The van der Waals surface area contributed by atoms with Crippen molar-refractivity contribution < 1.29 is 0 Å². The van der Waals surface area contributed by atoms with Crippen LogP contribution in [0, 0.1) is 0 Å². The average molecular weight is 204 g/mol. The zero-order valence-corrected chi connectivity index (χ0v) is 8.84. The lowest BCUT2D eigenvalue weighted by atomic mass is 10.1. The second kappa shape index (κ2) is 3.80. The van der Waals surface area contributed by atoms with Crippen LogP contribution in [-0.2, 0) is 6.42 Å². The Hall–Kier alpha value is -1.35. The van der Waals surface area contributed by atoms with Gasteiger partial charge in [0.15, 0.2) is 0 Å². The highest BCUT2D eigenvalue weighted by molar-refractivity contribution is 7.13. The van der Waals surface area contributed by atoms with Gasteiger partial charge in [0.2, 0.25) is 0 Å². The summed E-state index contributed by atoms with van der Waals surface area (Å²) in [7, 11) is 0. The summed E-state index contributed by atoms with van der Waals surface area (Å²) in [6.45, 7) is 2.15. The van der Waals surface area contributed by atoms with Gasteiger partial charge < -0.3 is 5.73 Å². The Bertz CT molecular complexity index is 417. The van der Waals surface area contributed by atoms with Crippen molar-refractivity contribution in [2.45, 2.75) is 13.3 Å². The minimum absolute atomic E-state index is 0.624. The first-order valence-electron chi connectivity index (χ1n) is 4.59. The van der Waals surface area contributed by atoms with Crippen molar-refractivity contribution in [3.05, 3.63) is 35.3 Å². The third-order valence-corrected chi connectivity index (χ3v) is 3.11. The number of nitrogens with two attached hydrogens (primary N) is 1. The summed E-state index contributed by atoms with van der Waals surface area (Å²) < 4.78 is 0. The molecule has 0 unspecified atom stereocenters. The number of hydrogen-bond acceptors (Lipinski definition) is 3. The van der Waals surface area contributed by atoms with Crippen molar-refractivity contribution in [2.24, 2.45) is 0 Å². The summed E-state index contributed by atoms with van der Waals surface area (Å²) in [5, 5.41) is 0. The molecule has 2 aromatic rings. The molecule has 2 rings (SSSR count). The predicted molar refractivity (Wildman–Crippen MR) is 61.3 cm³/mol. The van der Waals surface area contributed by atoms with Crippen LogP contribution < -0.4 is 5.73 Å². The first-order valence-corrected chi connectivity index (χ1v) is 5.47. The van der Waals surface area contributed by atoms with Crippen molar-refractivity contribution in [3.63, 3.8) is 0 Å². The molecular formula is C11H12N2S. The van der Waals surface area contributed by atoms with E-state index in [4.69, 9.17) is 5.73 Å². The fraction of sp³-hybridized carbons (Fsp3) is 0.182. The van der Waals surface area contributed by atoms with E-state index in [2.05, 4.69) is 36.2 Å². The van der Waals surface area contributed by atoms with E-state index in [0.717, 1.165) is 16.9 Å². The third kappa shape index (κ3) is 1.63. The van der Waals surface area contributed by atoms with Gasteiger partial charge in [0, 0.05) is 0 Å². The lowest BCUT2D eigenvalue weighted by molar-refractivity contribution is 1.14. The molecule has 0 amide bonds. The Balaban J connectivity index is 2.39. The van der Waals surface area contributed by atoms with Crippen LogP contribution in [0.5, 0.6) is 0 Å². The molecule has 2 N–H and O–H groups in total. The van der Waals surface area contributed by atoms with E-state index in [9.17, 15) is 0 Å². The Kier molecular flexibility index (Phi) is 2.50. The molecule has 0 aliphatic carbocycles. The molecule has 1 heterocycles. The molecule has 2 nitrogen and oxygen atoms in total. The number of anilines is 1. The van der Waals surface area contributed by atoms with Gasteiger partial charge in [0.25, 0.3) is 0 Å². The van der Waals surface area contributed by atoms with Gasteiger partial charge in [0.1, 0.15) is 5.82 Å². The molecule has 0 aliphatic rings. The molecule has 0 spiro atoms. The second-order valence-electron chi connectivity index (χ2n) is 3.12. The first-order chi connectivity index (χ1) is 6.81. The van der Waals surface area contributed by atoms with Crippen LogP contribution in [0.25, 0.3) is 10.4 Å². The number of rotatable bonds is 2. The monoisotopic (exact) mass is 204 g/mol. The van der Waals surface area contributed by atoms with Crippen molar-refractivity contribution in [1.82, 2.24) is 4.98 Å². The van der Waals surface area contributed by atoms with Crippen molar-refractivity contribution in [3.8, 4) is 10.4 Å². The Labute approximate surface area is 87.4 Å². The molecule has 0 saturated heterocycles. The Morgan fingerprint density at radius 2 is 2.00 bits per heavy atom. The predicted octanol–water partition coefficient (Wildman–Crippen LogP) is 2.95. The fourth-order valence-electron chi connectivity index (χ4n) is 1.36. The normalized spacial score (nSPS) is 10.4. The molecule has 0 atom stereocenters. The van der Waals surface area contributed by atoms with E-state index in [1.165, 1.54) is 5.56 Å². The maximum Gasteiger partial charge on any atom is 0.142 e. The van der Waals surface area contributed by atoms with E-state index in [-0.39, 0.29) is 0 Å². The van der Waals surface area contributed by atoms with Gasteiger partial charge in [-0.05, 0) is 17.5 Å². The maximum absolute atomic E-state index is 5.74. The summed E-state index contributed by atoms with van der Waals surface area (Å²) in [6, 6.07) is 8.47. The highest BCUT2D eigenvalue weighted by Crippen LogP contribution is 2.29. The third-order valence-electron chi connectivity index (χ3n) is 2.22. The van der Waals surface area contributed by atoms with Crippen LogP contribution in [0.2, 0.25) is 0 Å². The highest BCUT2D eigenvalue weighted by atomic mass is 32.1. The van der Waals surface area contributed by atoms with Gasteiger partial charge >= 0.3 is 0 Å². The first kappa shape index (κ1) is 9.21. The lowest BCUT2D eigenvalue weighted by Gasteiger charge is -2.00. The van der Waals surface area contributed by atoms with Gasteiger partial charge in [-0.2, -0.15) is 0 Å². The minimum atomic E-state index is 0.624. The zero-order valence-electron chi connectivity index (χ0n) is 8.03. The number of nitrogens with zero attached hydrogens (tertiary/aromatic N) is 1. The second-order valence-corrected chi connectivity index (χ2v) is 3.97. The molecule has 0 radical (unpaired) electrons.